The highest BCUT2D eigenvalue weighted by molar-refractivity contribution is 8.09. The Hall–Kier alpha value is -0.940. The van der Waals surface area contributed by atoms with Crippen molar-refractivity contribution in [2.45, 2.75) is 0 Å². The maximum absolute atomic E-state index is 2.32. The van der Waals surface area contributed by atoms with Crippen LogP contribution in [0.2, 0.25) is 0 Å². The zero-order valence-corrected chi connectivity index (χ0v) is 12.5. The molecule has 0 bridgehead atoms. The van der Waals surface area contributed by atoms with Crippen LogP contribution >= 0.6 is 39.4 Å². The van der Waals surface area contributed by atoms with Crippen molar-refractivity contribution in [2.24, 2.45) is 0 Å². The monoisotopic (exact) mass is 304 g/mol. The van der Waals surface area contributed by atoms with Gasteiger partial charge in [0, 0.05) is 0 Å². The van der Waals surface area contributed by atoms with E-state index in [-0.39, 0.29) is 0 Å². The minimum atomic E-state index is 1.32. The molecule has 0 radical (unpaired) electrons. The molecule has 0 N–H and O–H groups in total. The van der Waals surface area contributed by atoms with Crippen LogP contribution in [0.25, 0.3) is 30.9 Å². The first-order valence-electron chi connectivity index (χ1n) is 5.54. The summed E-state index contributed by atoms with van der Waals surface area (Å²) in [6.07, 6.45) is 0. The van der Waals surface area contributed by atoms with Gasteiger partial charge in [0.1, 0.15) is 0 Å². The van der Waals surface area contributed by atoms with Crippen LogP contribution in [0.5, 0.6) is 0 Å². The predicted octanol–water partition coefficient (Wildman–Crippen LogP) is 6.52. The van der Waals surface area contributed by atoms with Gasteiger partial charge in [-0.2, -0.15) is 0 Å². The molecule has 4 heteroatoms. The number of rotatable bonds is 0. The second kappa shape index (κ2) is 4.31. The van der Waals surface area contributed by atoms with E-state index in [4.69, 9.17) is 0 Å². The van der Waals surface area contributed by atoms with E-state index >= 15 is 0 Å². The van der Waals surface area contributed by atoms with Gasteiger partial charge >= 0.3 is 0 Å². The summed E-state index contributed by atoms with van der Waals surface area (Å²) in [7, 11) is 7.43. The van der Waals surface area contributed by atoms with Crippen molar-refractivity contribution in [1.29, 1.82) is 0 Å². The van der Waals surface area contributed by atoms with E-state index in [2.05, 4.69) is 48.5 Å². The Balaban J connectivity index is 2.20. The zero-order chi connectivity index (χ0) is 11.9. The highest BCUT2D eigenvalue weighted by Crippen LogP contribution is 2.34. The Morgan fingerprint density at radius 1 is 0.556 bits per heavy atom. The van der Waals surface area contributed by atoms with Gasteiger partial charge in [-0.1, -0.05) is 44.9 Å². The van der Waals surface area contributed by atoms with E-state index < -0.39 is 0 Å². The van der Waals surface area contributed by atoms with Gasteiger partial charge in [-0.25, -0.2) is 0 Å². The summed E-state index contributed by atoms with van der Waals surface area (Å²) in [5, 5.41) is 5.32. The van der Waals surface area contributed by atoms with Crippen molar-refractivity contribution in [3.05, 3.63) is 48.5 Å². The minimum Gasteiger partial charge on any atom is -0.0676 e. The molecule has 0 unspecified atom stereocenters. The zero-order valence-electron chi connectivity index (χ0n) is 9.25. The highest BCUT2D eigenvalue weighted by Gasteiger charge is 2.01. The number of hydrogen-bond donors (Lipinski definition) is 0. The molecule has 0 saturated heterocycles. The van der Waals surface area contributed by atoms with Crippen LogP contribution in [0.15, 0.2) is 48.5 Å². The van der Waals surface area contributed by atoms with Crippen LogP contribution < -0.4 is 0 Å². The fraction of sp³-hybridized carbons (Fsp3) is 0. The second-order valence-corrected chi connectivity index (χ2v) is 9.90. The van der Waals surface area contributed by atoms with Crippen LogP contribution in [0, 0.1) is 0 Å². The van der Waals surface area contributed by atoms with Crippen LogP contribution in [-0.4, -0.2) is 0 Å². The third kappa shape index (κ3) is 1.77. The van der Waals surface area contributed by atoms with Crippen LogP contribution in [0.3, 0.4) is 0 Å². The molecule has 0 saturated carbocycles. The van der Waals surface area contributed by atoms with Crippen molar-refractivity contribution >= 4 is 70.3 Å². The van der Waals surface area contributed by atoms with Gasteiger partial charge in [0.05, 0.1) is 9.40 Å². The molecule has 0 fully saturated rings. The highest BCUT2D eigenvalue weighted by atomic mass is 33.4. The maximum atomic E-state index is 2.32. The van der Waals surface area contributed by atoms with Crippen molar-refractivity contribution in [2.75, 3.05) is 0 Å². The second-order valence-electron chi connectivity index (χ2n) is 4.15. The Bertz CT molecular complexity index is 742. The third-order valence-corrected chi connectivity index (χ3v) is 9.28. The summed E-state index contributed by atoms with van der Waals surface area (Å²) >= 11 is 0. The number of fused-ring (bicyclic) bond motifs is 3. The third-order valence-electron chi connectivity index (χ3n) is 3.04. The van der Waals surface area contributed by atoms with E-state index in [1.807, 2.05) is 39.4 Å². The maximum Gasteiger partial charge on any atom is 0.0572 e. The van der Waals surface area contributed by atoms with Crippen LogP contribution in [0.4, 0.5) is 0 Å². The molecule has 0 nitrogen and oxygen atoms in total. The van der Waals surface area contributed by atoms with E-state index in [9.17, 15) is 0 Å². The largest absolute Gasteiger partial charge is 0.0676 e. The quantitative estimate of drug-likeness (QED) is 0.256. The van der Waals surface area contributed by atoms with Gasteiger partial charge in [-0.05, 0) is 64.5 Å². The molecular formula is C14H8S4. The topological polar surface area (TPSA) is 0 Å². The average molecular weight is 304 g/mol. The van der Waals surface area contributed by atoms with Crippen molar-refractivity contribution < 1.29 is 0 Å². The summed E-state index contributed by atoms with van der Waals surface area (Å²) in [5.41, 5.74) is 0. The van der Waals surface area contributed by atoms with Gasteiger partial charge in [-0.15, -0.1) is 0 Å². The van der Waals surface area contributed by atoms with Gasteiger partial charge in [0.15, 0.2) is 0 Å². The normalized spacial score (nSPS) is 11.3. The summed E-state index contributed by atoms with van der Waals surface area (Å²) < 4.78 is 2.79. The average Bonchev–Trinajstić information content (AvgIpc) is 2.42. The lowest BCUT2D eigenvalue weighted by Crippen LogP contribution is -1.76. The molecule has 1 aromatic heterocycles. The SMILES string of the molecule is c1ccc2cc3cc4ssssc4cc3cc2c1. The summed E-state index contributed by atoms with van der Waals surface area (Å²) in [5.74, 6) is 0. The lowest BCUT2D eigenvalue weighted by Gasteiger charge is -2.03. The van der Waals surface area contributed by atoms with E-state index in [1.165, 1.54) is 30.9 Å². The first-order chi connectivity index (χ1) is 8.90. The molecule has 3 aromatic carbocycles. The summed E-state index contributed by atoms with van der Waals surface area (Å²) in [6.45, 7) is 0. The predicted molar refractivity (Wildman–Crippen MR) is 88.1 cm³/mol. The Kier molecular flexibility index (Phi) is 2.62. The van der Waals surface area contributed by atoms with Crippen LogP contribution in [0.1, 0.15) is 0 Å². The minimum absolute atomic E-state index is 1.32. The fourth-order valence-electron chi connectivity index (χ4n) is 2.18. The van der Waals surface area contributed by atoms with Gasteiger partial charge < -0.3 is 0 Å². The molecule has 0 spiro atoms. The van der Waals surface area contributed by atoms with Crippen LogP contribution in [-0.2, 0) is 0 Å². The van der Waals surface area contributed by atoms with E-state index in [0.29, 0.717) is 0 Å². The molecule has 1 heterocycles. The molecule has 88 valence electrons. The van der Waals surface area contributed by atoms with E-state index in [0.717, 1.165) is 0 Å². The first kappa shape index (κ1) is 10.9. The number of benzene rings is 3. The summed E-state index contributed by atoms with van der Waals surface area (Å²) in [6, 6.07) is 17.8. The molecule has 0 amide bonds. The standard InChI is InChI=1S/C14H8S4/c1-2-4-10-6-12-8-14-13(15-17-18-16-14)7-11(12)5-9(10)3-1/h1-8H. The van der Waals surface area contributed by atoms with Gasteiger partial charge in [0.25, 0.3) is 0 Å². The van der Waals surface area contributed by atoms with Crippen molar-refractivity contribution in [3.8, 4) is 0 Å². The van der Waals surface area contributed by atoms with Gasteiger partial charge in [0.2, 0.25) is 0 Å². The fourth-order valence-corrected chi connectivity index (χ4v) is 8.34. The molecule has 0 aliphatic heterocycles. The van der Waals surface area contributed by atoms with Gasteiger partial charge in [-0.3, -0.25) is 0 Å². The smallest absolute Gasteiger partial charge is 0.0572 e. The molecule has 4 aromatic rings. The molecular weight excluding hydrogens is 296 g/mol. The number of hydrogen-bond acceptors (Lipinski definition) is 4. The molecule has 4 rings (SSSR count). The molecule has 0 aliphatic carbocycles. The lowest BCUT2D eigenvalue weighted by atomic mass is 10.0. The Labute approximate surface area is 118 Å². The Morgan fingerprint density at radius 2 is 1.06 bits per heavy atom. The Morgan fingerprint density at radius 3 is 1.56 bits per heavy atom. The van der Waals surface area contributed by atoms with Crippen molar-refractivity contribution in [3.63, 3.8) is 0 Å². The molecule has 0 atom stereocenters. The summed E-state index contributed by atoms with van der Waals surface area (Å²) in [4.78, 5) is 0. The van der Waals surface area contributed by atoms with Crippen molar-refractivity contribution in [1.82, 2.24) is 0 Å². The molecule has 18 heavy (non-hydrogen) atoms. The lowest BCUT2D eigenvalue weighted by molar-refractivity contribution is 1.80. The van der Waals surface area contributed by atoms with E-state index in [1.54, 1.807) is 0 Å². The first-order valence-corrected chi connectivity index (χ1v) is 10.4. The molecule has 0 aliphatic rings.